The minimum Gasteiger partial charge on any atom is -0.387 e. The van der Waals surface area contributed by atoms with Gasteiger partial charge in [0.15, 0.2) is 9.84 Å². The van der Waals surface area contributed by atoms with Crippen LogP contribution in [0.4, 0.5) is 4.39 Å². The van der Waals surface area contributed by atoms with Crippen molar-refractivity contribution in [3.8, 4) is 10.6 Å². The molecule has 0 aliphatic heterocycles. The van der Waals surface area contributed by atoms with Crippen LogP contribution in [0.25, 0.3) is 10.6 Å². The Balaban J connectivity index is 1.70. The van der Waals surface area contributed by atoms with Crippen LogP contribution in [-0.2, 0) is 15.6 Å². The summed E-state index contributed by atoms with van der Waals surface area (Å²) in [6.45, 7) is 0. The molecule has 0 aliphatic carbocycles. The molecular formula is C18H16FNO3S2. The van der Waals surface area contributed by atoms with Crippen molar-refractivity contribution in [2.75, 3.05) is 5.75 Å². The molecule has 3 aromatic rings. The average molecular weight is 377 g/mol. The molecule has 1 unspecified atom stereocenters. The molecule has 1 atom stereocenters. The molecule has 0 aliphatic rings. The van der Waals surface area contributed by atoms with Crippen molar-refractivity contribution in [2.45, 2.75) is 11.9 Å². The Bertz CT molecular complexity index is 938. The lowest BCUT2D eigenvalue weighted by molar-refractivity contribution is 0.201. The van der Waals surface area contributed by atoms with Gasteiger partial charge >= 0.3 is 0 Å². The molecule has 0 fully saturated rings. The van der Waals surface area contributed by atoms with Crippen molar-refractivity contribution < 1.29 is 17.9 Å². The maximum Gasteiger partial charge on any atom is 0.158 e. The molecule has 25 heavy (non-hydrogen) atoms. The van der Waals surface area contributed by atoms with Crippen LogP contribution >= 0.6 is 11.3 Å². The summed E-state index contributed by atoms with van der Waals surface area (Å²) in [5, 5.41) is 12.4. The highest BCUT2D eigenvalue weighted by atomic mass is 32.2. The number of halogens is 1. The van der Waals surface area contributed by atoms with Gasteiger partial charge in [-0.3, -0.25) is 0 Å². The normalized spacial score (nSPS) is 12.9. The van der Waals surface area contributed by atoms with Crippen LogP contribution in [-0.4, -0.2) is 24.3 Å². The summed E-state index contributed by atoms with van der Waals surface area (Å²) >= 11 is 1.30. The Hall–Kier alpha value is -2.09. The van der Waals surface area contributed by atoms with Crippen LogP contribution in [0.15, 0.2) is 60.0 Å². The van der Waals surface area contributed by atoms with Gasteiger partial charge in [0, 0.05) is 10.9 Å². The van der Waals surface area contributed by atoms with Crippen molar-refractivity contribution >= 4 is 21.2 Å². The van der Waals surface area contributed by atoms with E-state index < -0.39 is 15.9 Å². The van der Waals surface area contributed by atoms with Gasteiger partial charge in [0.2, 0.25) is 0 Å². The van der Waals surface area contributed by atoms with Crippen molar-refractivity contribution in [1.29, 1.82) is 0 Å². The molecule has 2 aromatic carbocycles. The minimum absolute atomic E-state index is 0.241. The van der Waals surface area contributed by atoms with E-state index in [1.54, 1.807) is 47.8 Å². The first-order chi connectivity index (χ1) is 11.9. The number of hydrogen-bond acceptors (Lipinski definition) is 5. The highest BCUT2D eigenvalue weighted by molar-refractivity contribution is 7.90. The lowest BCUT2D eigenvalue weighted by atomic mass is 10.1. The van der Waals surface area contributed by atoms with E-state index in [0.717, 1.165) is 5.56 Å². The van der Waals surface area contributed by atoms with E-state index in [9.17, 15) is 17.9 Å². The monoisotopic (exact) mass is 377 g/mol. The maximum atomic E-state index is 13.0. The number of aromatic nitrogens is 1. The molecule has 0 saturated carbocycles. The molecule has 4 nitrogen and oxygen atoms in total. The molecule has 130 valence electrons. The summed E-state index contributed by atoms with van der Waals surface area (Å²) in [6, 6.07) is 14.6. The topological polar surface area (TPSA) is 67.3 Å². The number of benzene rings is 2. The van der Waals surface area contributed by atoms with Crippen LogP contribution in [0, 0.1) is 5.82 Å². The number of thiazole rings is 1. The maximum absolute atomic E-state index is 13.0. The van der Waals surface area contributed by atoms with E-state index in [-0.39, 0.29) is 17.3 Å². The molecule has 1 heterocycles. The van der Waals surface area contributed by atoms with E-state index in [0.29, 0.717) is 16.3 Å². The van der Waals surface area contributed by atoms with E-state index in [4.69, 9.17) is 0 Å². The van der Waals surface area contributed by atoms with Crippen LogP contribution < -0.4 is 0 Å². The highest BCUT2D eigenvalue weighted by Crippen LogP contribution is 2.25. The number of nitrogens with zero attached hydrogens (tertiary/aromatic N) is 1. The molecule has 1 aromatic heterocycles. The third kappa shape index (κ3) is 4.72. The summed E-state index contributed by atoms with van der Waals surface area (Å²) in [7, 11) is -3.52. The van der Waals surface area contributed by atoms with Crippen molar-refractivity contribution in [3.05, 3.63) is 77.1 Å². The first-order valence-electron chi connectivity index (χ1n) is 7.57. The van der Waals surface area contributed by atoms with E-state index in [2.05, 4.69) is 4.98 Å². The lowest BCUT2D eigenvalue weighted by Crippen LogP contribution is -2.16. The molecule has 0 saturated heterocycles. The molecule has 3 rings (SSSR count). The summed E-state index contributed by atoms with van der Waals surface area (Å²) in [5.41, 5.74) is 1.72. The fourth-order valence-corrected chi connectivity index (χ4v) is 4.72. The Morgan fingerprint density at radius 3 is 2.44 bits per heavy atom. The zero-order chi connectivity index (χ0) is 17.9. The summed E-state index contributed by atoms with van der Waals surface area (Å²) in [6.07, 6.45) is -1.07. The van der Waals surface area contributed by atoms with Gasteiger partial charge in [-0.2, -0.15) is 0 Å². The summed E-state index contributed by atoms with van der Waals surface area (Å²) < 4.78 is 37.6. The lowest BCUT2D eigenvalue weighted by Gasteiger charge is -2.10. The molecule has 7 heteroatoms. The average Bonchev–Trinajstić information content (AvgIpc) is 3.03. The van der Waals surface area contributed by atoms with Gasteiger partial charge in [0.1, 0.15) is 10.8 Å². The third-order valence-electron chi connectivity index (χ3n) is 3.61. The SMILES string of the molecule is O=S(=O)(Cc1csc(-c2ccc(F)cc2)n1)CC(O)c1ccccc1. The fourth-order valence-electron chi connectivity index (χ4n) is 2.39. The Labute approximate surface area is 149 Å². The Morgan fingerprint density at radius 1 is 1.08 bits per heavy atom. The standard InChI is InChI=1S/C18H16FNO3S2/c19-15-8-6-14(7-9-15)18-20-16(10-24-18)11-25(22,23)12-17(21)13-4-2-1-3-5-13/h1-10,17,21H,11-12H2. The number of aliphatic hydroxyl groups is 1. The Morgan fingerprint density at radius 2 is 1.76 bits per heavy atom. The van der Waals surface area contributed by atoms with Gasteiger partial charge in [-0.1, -0.05) is 30.3 Å². The predicted molar refractivity (Wildman–Crippen MR) is 96.4 cm³/mol. The van der Waals surface area contributed by atoms with Crippen molar-refractivity contribution in [3.63, 3.8) is 0 Å². The summed E-state index contributed by atoms with van der Waals surface area (Å²) in [4.78, 5) is 4.31. The largest absolute Gasteiger partial charge is 0.387 e. The van der Waals surface area contributed by atoms with Gasteiger partial charge in [-0.25, -0.2) is 17.8 Å². The number of rotatable bonds is 6. The zero-order valence-electron chi connectivity index (χ0n) is 13.2. The van der Waals surface area contributed by atoms with E-state index in [1.165, 1.54) is 23.5 Å². The first-order valence-corrected chi connectivity index (χ1v) is 10.3. The first kappa shape index (κ1) is 17.7. The van der Waals surface area contributed by atoms with Gasteiger partial charge < -0.3 is 5.11 Å². The van der Waals surface area contributed by atoms with E-state index in [1.807, 2.05) is 0 Å². The zero-order valence-corrected chi connectivity index (χ0v) is 14.8. The molecule has 0 amide bonds. The molecule has 1 N–H and O–H groups in total. The van der Waals surface area contributed by atoms with E-state index >= 15 is 0 Å². The second kappa shape index (κ2) is 7.43. The van der Waals surface area contributed by atoms with Gasteiger partial charge in [-0.15, -0.1) is 11.3 Å². The molecule has 0 radical (unpaired) electrons. The third-order valence-corrected chi connectivity index (χ3v) is 6.11. The fraction of sp³-hybridized carbons (Fsp3) is 0.167. The Kier molecular flexibility index (Phi) is 5.27. The predicted octanol–water partition coefficient (Wildman–Crippen LogP) is 3.60. The molecule has 0 bridgehead atoms. The van der Waals surface area contributed by atoms with Crippen LogP contribution in [0.2, 0.25) is 0 Å². The molecular weight excluding hydrogens is 361 g/mol. The smallest absolute Gasteiger partial charge is 0.158 e. The molecule has 0 spiro atoms. The number of aliphatic hydroxyl groups excluding tert-OH is 1. The second-order valence-corrected chi connectivity index (χ2v) is 8.60. The number of hydrogen-bond donors (Lipinski definition) is 1. The van der Waals surface area contributed by atoms with Gasteiger partial charge in [-0.05, 0) is 29.8 Å². The van der Waals surface area contributed by atoms with Gasteiger partial charge in [0.05, 0.1) is 23.3 Å². The summed E-state index contributed by atoms with van der Waals surface area (Å²) in [5.74, 6) is -0.937. The quantitative estimate of drug-likeness (QED) is 0.713. The van der Waals surface area contributed by atoms with Crippen molar-refractivity contribution in [2.24, 2.45) is 0 Å². The minimum atomic E-state index is -3.52. The number of sulfone groups is 1. The van der Waals surface area contributed by atoms with Gasteiger partial charge in [0.25, 0.3) is 0 Å². The van der Waals surface area contributed by atoms with Crippen molar-refractivity contribution in [1.82, 2.24) is 4.98 Å². The second-order valence-electron chi connectivity index (χ2n) is 5.63. The highest BCUT2D eigenvalue weighted by Gasteiger charge is 2.20. The van der Waals surface area contributed by atoms with Crippen LogP contribution in [0.1, 0.15) is 17.4 Å². The van der Waals surface area contributed by atoms with Crippen LogP contribution in [0.3, 0.4) is 0 Å². The van der Waals surface area contributed by atoms with Crippen LogP contribution in [0.5, 0.6) is 0 Å².